The van der Waals surface area contributed by atoms with Gasteiger partial charge in [0.25, 0.3) is 5.91 Å². The molecular weight excluding hydrogens is 368 g/mol. The van der Waals surface area contributed by atoms with Gasteiger partial charge in [0.15, 0.2) is 0 Å². The van der Waals surface area contributed by atoms with Crippen LogP contribution in [0.15, 0.2) is 36.4 Å². The average molecular weight is 387 g/mol. The zero-order valence-electron chi connectivity index (χ0n) is 15.0. The molecule has 7 heteroatoms. The Balaban J connectivity index is 1.87. The molecule has 1 N–H and O–H groups in total. The van der Waals surface area contributed by atoms with Crippen LogP contribution < -0.4 is 10.2 Å². The van der Waals surface area contributed by atoms with Gasteiger partial charge < -0.3 is 15.0 Å². The second-order valence-electron chi connectivity index (χ2n) is 6.29. The third-order valence-corrected chi connectivity index (χ3v) is 4.80. The Kier molecular flexibility index (Phi) is 5.46. The van der Waals surface area contributed by atoms with Crippen LogP contribution >= 0.6 is 11.6 Å². The molecule has 1 aliphatic rings. The molecule has 0 spiro atoms. The second-order valence-corrected chi connectivity index (χ2v) is 6.70. The van der Waals surface area contributed by atoms with Crippen LogP contribution in [0.5, 0.6) is 0 Å². The fourth-order valence-electron chi connectivity index (χ4n) is 2.96. The Morgan fingerprint density at radius 2 is 1.89 bits per heavy atom. The molecule has 27 heavy (non-hydrogen) atoms. The quantitative estimate of drug-likeness (QED) is 0.810. The number of anilines is 2. The first-order valence-corrected chi connectivity index (χ1v) is 8.88. The number of carbonyl (C=O) groups is 3. The number of esters is 1. The van der Waals surface area contributed by atoms with Crippen LogP contribution in [0.2, 0.25) is 5.02 Å². The topological polar surface area (TPSA) is 75.7 Å². The van der Waals surface area contributed by atoms with Gasteiger partial charge >= 0.3 is 5.97 Å². The summed E-state index contributed by atoms with van der Waals surface area (Å²) in [6.07, 6.45) is 1.25. The minimum atomic E-state index is -0.480. The molecular formula is C20H19ClN2O4. The Labute approximate surface area is 162 Å². The van der Waals surface area contributed by atoms with Gasteiger partial charge in [-0.25, -0.2) is 4.79 Å². The standard InChI is InChI=1S/C20H19ClN2O4/c1-12-5-6-14(20(26)27-2)10-16(12)22-19(25)13-7-8-15(21)17(11-13)23-9-3-4-18(23)24/h5-8,10-11H,3-4,9H2,1-2H3,(H,22,25). The van der Waals surface area contributed by atoms with Crippen LogP contribution in [0.3, 0.4) is 0 Å². The number of nitrogens with zero attached hydrogens (tertiary/aromatic N) is 1. The lowest BCUT2D eigenvalue weighted by atomic mass is 10.1. The maximum atomic E-state index is 12.7. The molecule has 2 aromatic carbocycles. The van der Waals surface area contributed by atoms with Gasteiger partial charge in [-0.15, -0.1) is 0 Å². The molecule has 0 radical (unpaired) electrons. The molecule has 0 aromatic heterocycles. The monoisotopic (exact) mass is 386 g/mol. The maximum Gasteiger partial charge on any atom is 0.337 e. The third-order valence-electron chi connectivity index (χ3n) is 4.48. The molecule has 1 saturated heterocycles. The van der Waals surface area contributed by atoms with Crippen molar-refractivity contribution in [3.63, 3.8) is 0 Å². The Hall–Kier alpha value is -2.86. The first-order valence-electron chi connectivity index (χ1n) is 8.51. The first kappa shape index (κ1) is 18.9. The number of halogens is 1. The van der Waals surface area contributed by atoms with E-state index in [1.165, 1.54) is 7.11 Å². The van der Waals surface area contributed by atoms with Gasteiger partial charge in [-0.3, -0.25) is 9.59 Å². The highest BCUT2D eigenvalue weighted by atomic mass is 35.5. The molecule has 3 rings (SSSR count). The van der Waals surface area contributed by atoms with Gasteiger partial charge in [0.2, 0.25) is 5.91 Å². The van der Waals surface area contributed by atoms with Crippen molar-refractivity contribution in [2.24, 2.45) is 0 Å². The highest BCUT2D eigenvalue weighted by Gasteiger charge is 2.24. The van der Waals surface area contributed by atoms with Crippen LogP contribution in [0.25, 0.3) is 0 Å². The highest BCUT2D eigenvalue weighted by molar-refractivity contribution is 6.34. The minimum absolute atomic E-state index is 0.00363. The van der Waals surface area contributed by atoms with Gasteiger partial charge in [0.1, 0.15) is 0 Å². The molecule has 1 heterocycles. The van der Waals surface area contributed by atoms with Crippen molar-refractivity contribution in [2.45, 2.75) is 19.8 Å². The second kappa shape index (κ2) is 7.80. The molecule has 0 atom stereocenters. The summed E-state index contributed by atoms with van der Waals surface area (Å²) < 4.78 is 4.71. The number of benzene rings is 2. The van der Waals surface area contributed by atoms with E-state index in [4.69, 9.17) is 16.3 Å². The van der Waals surface area contributed by atoms with E-state index >= 15 is 0 Å². The number of nitrogens with one attached hydrogen (secondary N) is 1. The van der Waals surface area contributed by atoms with E-state index in [1.807, 2.05) is 6.92 Å². The van der Waals surface area contributed by atoms with E-state index in [2.05, 4.69) is 5.32 Å². The number of ether oxygens (including phenoxy) is 1. The van der Waals surface area contributed by atoms with Crippen LogP contribution in [-0.4, -0.2) is 31.4 Å². The van der Waals surface area contributed by atoms with Crippen molar-refractivity contribution in [3.05, 3.63) is 58.1 Å². The lowest BCUT2D eigenvalue weighted by Crippen LogP contribution is -2.24. The fourth-order valence-corrected chi connectivity index (χ4v) is 3.18. The van der Waals surface area contributed by atoms with Gasteiger partial charge in [-0.1, -0.05) is 17.7 Å². The largest absolute Gasteiger partial charge is 0.465 e. The van der Waals surface area contributed by atoms with Gasteiger partial charge in [-0.2, -0.15) is 0 Å². The van der Waals surface area contributed by atoms with Gasteiger partial charge in [0, 0.05) is 24.2 Å². The fraction of sp³-hybridized carbons (Fsp3) is 0.250. The zero-order chi connectivity index (χ0) is 19.6. The van der Waals surface area contributed by atoms with E-state index in [-0.39, 0.29) is 11.8 Å². The molecule has 0 bridgehead atoms. The molecule has 6 nitrogen and oxygen atoms in total. The number of hydrogen-bond donors (Lipinski definition) is 1. The predicted molar refractivity (Wildman–Crippen MR) is 104 cm³/mol. The minimum Gasteiger partial charge on any atom is -0.465 e. The SMILES string of the molecule is COC(=O)c1ccc(C)c(NC(=O)c2ccc(Cl)c(N3CCCC3=O)c2)c1. The summed E-state index contributed by atoms with van der Waals surface area (Å²) in [5.74, 6) is -0.840. The van der Waals surface area contributed by atoms with E-state index < -0.39 is 5.97 Å². The number of amides is 2. The summed E-state index contributed by atoms with van der Waals surface area (Å²) >= 11 is 6.23. The van der Waals surface area contributed by atoms with E-state index in [9.17, 15) is 14.4 Å². The lowest BCUT2D eigenvalue weighted by Gasteiger charge is -2.18. The highest BCUT2D eigenvalue weighted by Crippen LogP contribution is 2.31. The molecule has 0 unspecified atom stereocenters. The number of aryl methyl sites for hydroxylation is 1. The van der Waals surface area contributed by atoms with E-state index in [1.54, 1.807) is 41.3 Å². The third kappa shape index (κ3) is 3.95. The Morgan fingerprint density at radius 1 is 1.15 bits per heavy atom. The Morgan fingerprint density at radius 3 is 2.56 bits per heavy atom. The summed E-state index contributed by atoms with van der Waals surface area (Å²) in [5, 5.41) is 3.22. The predicted octanol–water partition coefficient (Wildman–Crippen LogP) is 3.81. The van der Waals surface area contributed by atoms with Crippen LogP contribution in [0.4, 0.5) is 11.4 Å². The summed E-state index contributed by atoms with van der Waals surface area (Å²) in [7, 11) is 1.30. The van der Waals surface area contributed by atoms with E-state index in [0.29, 0.717) is 40.5 Å². The zero-order valence-corrected chi connectivity index (χ0v) is 15.8. The van der Waals surface area contributed by atoms with Crippen molar-refractivity contribution in [1.82, 2.24) is 0 Å². The molecule has 1 aliphatic heterocycles. The molecule has 2 amide bonds. The molecule has 0 aliphatic carbocycles. The smallest absolute Gasteiger partial charge is 0.337 e. The number of carbonyl (C=O) groups excluding carboxylic acids is 3. The van der Waals surface area contributed by atoms with Gasteiger partial charge in [-0.05, 0) is 49.2 Å². The lowest BCUT2D eigenvalue weighted by molar-refractivity contribution is -0.117. The van der Waals surface area contributed by atoms with Crippen LogP contribution in [-0.2, 0) is 9.53 Å². The molecule has 2 aromatic rings. The van der Waals surface area contributed by atoms with Crippen molar-refractivity contribution in [2.75, 3.05) is 23.9 Å². The van der Waals surface area contributed by atoms with Crippen molar-refractivity contribution in [3.8, 4) is 0 Å². The Bertz CT molecular complexity index is 926. The summed E-state index contributed by atoms with van der Waals surface area (Å²) in [6, 6.07) is 9.75. The average Bonchev–Trinajstić information content (AvgIpc) is 3.09. The molecule has 0 saturated carbocycles. The maximum absolute atomic E-state index is 12.7. The number of methoxy groups -OCH3 is 1. The normalized spacial score (nSPS) is 13.6. The van der Waals surface area contributed by atoms with E-state index in [0.717, 1.165) is 12.0 Å². The van der Waals surface area contributed by atoms with Crippen molar-refractivity contribution in [1.29, 1.82) is 0 Å². The summed E-state index contributed by atoms with van der Waals surface area (Å²) in [5.41, 5.74) is 2.57. The number of rotatable bonds is 4. The van der Waals surface area contributed by atoms with Crippen LogP contribution in [0.1, 0.15) is 39.1 Å². The van der Waals surface area contributed by atoms with Crippen molar-refractivity contribution < 1.29 is 19.1 Å². The first-order chi connectivity index (χ1) is 12.9. The number of hydrogen-bond acceptors (Lipinski definition) is 4. The van der Waals surface area contributed by atoms with Gasteiger partial charge in [0.05, 0.1) is 23.4 Å². The van der Waals surface area contributed by atoms with Crippen LogP contribution in [0, 0.1) is 6.92 Å². The van der Waals surface area contributed by atoms with Crippen molar-refractivity contribution >= 4 is 40.8 Å². The molecule has 1 fully saturated rings. The summed E-state index contributed by atoms with van der Waals surface area (Å²) in [6.45, 7) is 2.41. The summed E-state index contributed by atoms with van der Waals surface area (Å²) in [4.78, 5) is 38.0. The molecule has 140 valence electrons.